The van der Waals surface area contributed by atoms with Crippen LogP contribution >= 0.6 is 0 Å². The van der Waals surface area contributed by atoms with Crippen LogP contribution in [0.5, 0.6) is 0 Å². The van der Waals surface area contributed by atoms with Crippen molar-refractivity contribution in [2.24, 2.45) is 0 Å². The van der Waals surface area contributed by atoms with Gasteiger partial charge >= 0.3 is 0 Å². The van der Waals surface area contributed by atoms with Crippen molar-refractivity contribution < 1.29 is 4.74 Å². The molecule has 2 rings (SSSR count). The van der Waals surface area contributed by atoms with Crippen molar-refractivity contribution in [3.8, 4) is 0 Å². The van der Waals surface area contributed by atoms with Crippen molar-refractivity contribution >= 4 is 11.2 Å². The number of hydrogen-bond donors (Lipinski definition) is 1. The SMILES string of the molecule is COC(C)(C)c1nc2ncncc2[nH]1. The maximum Gasteiger partial charge on any atom is 0.180 e. The van der Waals surface area contributed by atoms with Crippen LogP contribution in [-0.4, -0.2) is 27.0 Å². The standard InChI is InChI=1S/C9H12N4O/c1-9(2,14-3)8-12-6-4-10-5-11-7(6)13-8/h4-5H,1-3H3,(H,10,11,12,13). The summed E-state index contributed by atoms with van der Waals surface area (Å²) in [6, 6.07) is 0. The minimum absolute atomic E-state index is 0.430. The second-order valence-electron chi connectivity index (χ2n) is 3.56. The molecule has 0 amide bonds. The van der Waals surface area contributed by atoms with Crippen molar-refractivity contribution in [1.29, 1.82) is 0 Å². The highest BCUT2D eigenvalue weighted by molar-refractivity contribution is 5.68. The van der Waals surface area contributed by atoms with Gasteiger partial charge in [-0.05, 0) is 13.8 Å². The summed E-state index contributed by atoms with van der Waals surface area (Å²) in [5.74, 6) is 0.760. The monoisotopic (exact) mass is 192 g/mol. The topological polar surface area (TPSA) is 63.7 Å². The van der Waals surface area contributed by atoms with Gasteiger partial charge in [-0.15, -0.1) is 0 Å². The van der Waals surface area contributed by atoms with Gasteiger partial charge in [0.1, 0.15) is 23.3 Å². The Kier molecular flexibility index (Phi) is 1.96. The highest BCUT2D eigenvalue weighted by Crippen LogP contribution is 2.22. The Labute approximate surface area is 81.6 Å². The number of methoxy groups -OCH3 is 1. The summed E-state index contributed by atoms with van der Waals surface area (Å²) >= 11 is 0. The van der Waals surface area contributed by atoms with Crippen LogP contribution in [0.3, 0.4) is 0 Å². The highest BCUT2D eigenvalue weighted by atomic mass is 16.5. The molecule has 5 heteroatoms. The van der Waals surface area contributed by atoms with Crippen molar-refractivity contribution in [2.75, 3.05) is 7.11 Å². The van der Waals surface area contributed by atoms with E-state index in [1.54, 1.807) is 13.3 Å². The fourth-order valence-electron chi connectivity index (χ4n) is 1.14. The number of H-pyrrole nitrogens is 1. The molecule has 5 nitrogen and oxygen atoms in total. The molecule has 0 aliphatic heterocycles. The van der Waals surface area contributed by atoms with Gasteiger partial charge in [0.25, 0.3) is 0 Å². The average molecular weight is 192 g/mol. The fourth-order valence-corrected chi connectivity index (χ4v) is 1.14. The maximum atomic E-state index is 5.31. The summed E-state index contributed by atoms with van der Waals surface area (Å²) in [4.78, 5) is 15.4. The number of hydrogen-bond acceptors (Lipinski definition) is 4. The van der Waals surface area contributed by atoms with Gasteiger partial charge in [-0.3, -0.25) is 0 Å². The van der Waals surface area contributed by atoms with E-state index in [-0.39, 0.29) is 0 Å². The van der Waals surface area contributed by atoms with E-state index >= 15 is 0 Å². The number of aromatic nitrogens is 4. The number of aromatic amines is 1. The minimum Gasteiger partial charge on any atom is -0.371 e. The number of ether oxygens (including phenoxy) is 1. The van der Waals surface area contributed by atoms with E-state index in [2.05, 4.69) is 19.9 Å². The number of nitrogens with one attached hydrogen (secondary N) is 1. The highest BCUT2D eigenvalue weighted by Gasteiger charge is 2.23. The fraction of sp³-hybridized carbons (Fsp3) is 0.444. The summed E-state index contributed by atoms with van der Waals surface area (Å²) in [5.41, 5.74) is 1.06. The summed E-state index contributed by atoms with van der Waals surface area (Å²) in [5, 5.41) is 0. The quantitative estimate of drug-likeness (QED) is 0.777. The first-order valence-corrected chi connectivity index (χ1v) is 4.35. The van der Waals surface area contributed by atoms with E-state index < -0.39 is 5.60 Å². The third kappa shape index (κ3) is 1.35. The minimum atomic E-state index is -0.430. The lowest BCUT2D eigenvalue weighted by Gasteiger charge is -2.19. The van der Waals surface area contributed by atoms with Gasteiger partial charge in [0.05, 0.1) is 6.20 Å². The molecule has 0 aliphatic rings. The zero-order chi connectivity index (χ0) is 10.2. The Bertz CT molecular complexity index is 416. The molecule has 0 saturated carbocycles. The molecule has 0 bridgehead atoms. The molecular weight excluding hydrogens is 180 g/mol. The van der Waals surface area contributed by atoms with Gasteiger partial charge in [0, 0.05) is 7.11 Å². The predicted octanol–water partition coefficient (Wildman–Crippen LogP) is 1.23. The molecule has 0 saturated heterocycles. The molecule has 0 fully saturated rings. The molecular formula is C9H12N4O. The molecule has 14 heavy (non-hydrogen) atoms. The van der Waals surface area contributed by atoms with E-state index in [1.807, 2.05) is 13.8 Å². The lowest BCUT2D eigenvalue weighted by molar-refractivity contribution is 0.0124. The van der Waals surface area contributed by atoms with Crippen molar-refractivity contribution in [2.45, 2.75) is 19.4 Å². The van der Waals surface area contributed by atoms with Gasteiger partial charge in [0.2, 0.25) is 0 Å². The molecule has 2 aromatic heterocycles. The maximum absolute atomic E-state index is 5.31. The van der Waals surface area contributed by atoms with Gasteiger partial charge in [0.15, 0.2) is 5.65 Å². The first-order valence-electron chi connectivity index (χ1n) is 4.35. The second-order valence-corrected chi connectivity index (χ2v) is 3.56. The first-order chi connectivity index (χ1) is 6.63. The zero-order valence-corrected chi connectivity index (χ0v) is 8.40. The number of nitrogens with zero attached hydrogens (tertiary/aromatic N) is 3. The summed E-state index contributed by atoms with van der Waals surface area (Å²) < 4.78 is 5.31. The molecule has 0 aromatic carbocycles. The van der Waals surface area contributed by atoms with Gasteiger partial charge < -0.3 is 9.72 Å². The molecule has 2 aromatic rings. The number of fused-ring (bicyclic) bond motifs is 1. The van der Waals surface area contributed by atoms with Crippen LogP contribution in [-0.2, 0) is 10.3 Å². The van der Waals surface area contributed by atoms with Crippen LogP contribution in [0, 0.1) is 0 Å². The Balaban J connectivity index is 2.55. The number of imidazole rings is 1. The van der Waals surface area contributed by atoms with Crippen LogP contribution in [0.15, 0.2) is 12.5 Å². The van der Waals surface area contributed by atoms with Crippen molar-refractivity contribution in [1.82, 2.24) is 19.9 Å². The van der Waals surface area contributed by atoms with E-state index in [0.29, 0.717) is 5.65 Å². The number of rotatable bonds is 2. The zero-order valence-electron chi connectivity index (χ0n) is 8.40. The van der Waals surface area contributed by atoms with Crippen LogP contribution in [0.25, 0.3) is 11.2 Å². The smallest absolute Gasteiger partial charge is 0.180 e. The molecule has 0 radical (unpaired) electrons. The van der Waals surface area contributed by atoms with E-state index in [9.17, 15) is 0 Å². The second kappa shape index (κ2) is 3.02. The van der Waals surface area contributed by atoms with Gasteiger partial charge in [-0.2, -0.15) is 0 Å². The van der Waals surface area contributed by atoms with Crippen molar-refractivity contribution in [3.05, 3.63) is 18.3 Å². The Hall–Kier alpha value is -1.49. The van der Waals surface area contributed by atoms with Crippen molar-refractivity contribution in [3.63, 3.8) is 0 Å². The van der Waals surface area contributed by atoms with Crippen LogP contribution in [0.1, 0.15) is 19.7 Å². The molecule has 0 aliphatic carbocycles. The Morgan fingerprint density at radius 1 is 1.43 bits per heavy atom. The van der Waals surface area contributed by atoms with Gasteiger partial charge in [-0.25, -0.2) is 15.0 Å². The van der Waals surface area contributed by atoms with Crippen LogP contribution in [0.2, 0.25) is 0 Å². The lowest BCUT2D eigenvalue weighted by Crippen LogP contribution is -2.21. The van der Waals surface area contributed by atoms with E-state index in [1.165, 1.54) is 6.33 Å². The largest absolute Gasteiger partial charge is 0.371 e. The molecule has 0 atom stereocenters. The molecule has 1 N–H and O–H groups in total. The van der Waals surface area contributed by atoms with E-state index in [0.717, 1.165) is 11.3 Å². The normalized spacial score (nSPS) is 12.2. The first kappa shape index (κ1) is 9.08. The third-order valence-corrected chi connectivity index (χ3v) is 2.24. The Morgan fingerprint density at radius 3 is 2.86 bits per heavy atom. The average Bonchev–Trinajstić information content (AvgIpc) is 2.61. The molecule has 0 spiro atoms. The van der Waals surface area contributed by atoms with Gasteiger partial charge in [-0.1, -0.05) is 0 Å². The summed E-state index contributed by atoms with van der Waals surface area (Å²) in [6.45, 7) is 3.89. The Morgan fingerprint density at radius 2 is 2.21 bits per heavy atom. The van der Waals surface area contributed by atoms with Crippen LogP contribution in [0.4, 0.5) is 0 Å². The third-order valence-electron chi connectivity index (χ3n) is 2.24. The van der Waals surface area contributed by atoms with E-state index in [4.69, 9.17) is 4.74 Å². The molecule has 74 valence electrons. The summed E-state index contributed by atoms with van der Waals surface area (Å²) in [7, 11) is 1.65. The summed E-state index contributed by atoms with van der Waals surface area (Å²) in [6.07, 6.45) is 3.18. The lowest BCUT2D eigenvalue weighted by atomic mass is 10.1. The molecule has 2 heterocycles. The predicted molar refractivity (Wildman–Crippen MR) is 51.7 cm³/mol. The van der Waals surface area contributed by atoms with Crippen LogP contribution < -0.4 is 0 Å². The molecule has 0 unspecified atom stereocenters.